The summed E-state index contributed by atoms with van der Waals surface area (Å²) in [6.07, 6.45) is 7.62. The molecule has 0 spiro atoms. The lowest BCUT2D eigenvalue weighted by Crippen LogP contribution is -1.97. The maximum atomic E-state index is 10.0. The Labute approximate surface area is 67.1 Å². The van der Waals surface area contributed by atoms with Gasteiger partial charge in [0, 0.05) is 0 Å². The number of allylic oxidation sites excluding steroid dienone is 2. The zero-order valence-electron chi connectivity index (χ0n) is 6.22. The van der Waals surface area contributed by atoms with E-state index in [0.717, 1.165) is 25.5 Å². The van der Waals surface area contributed by atoms with Gasteiger partial charge in [-0.1, -0.05) is 19.1 Å². The van der Waals surface area contributed by atoms with Gasteiger partial charge in [0.25, 0.3) is 0 Å². The van der Waals surface area contributed by atoms with E-state index in [1.54, 1.807) is 0 Å². The van der Waals surface area contributed by atoms with E-state index < -0.39 is 0 Å². The summed E-state index contributed by atoms with van der Waals surface area (Å²) in [7, 11) is 0. The second-order valence-electron chi connectivity index (χ2n) is 2.11. The van der Waals surface area contributed by atoms with Crippen molar-refractivity contribution < 1.29 is 4.79 Å². The Kier molecular flexibility index (Phi) is 6.61. The third-order valence-electron chi connectivity index (χ3n) is 1.16. The molecule has 0 rings (SSSR count). The molecular weight excluding hydrogens is 148 g/mol. The molecule has 0 aliphatic rings. The number of aldehydes is 1. The van der Waals surface area contributed by atoms with Crippen LogP contribution in [0.25, 0.3) is 0 Å². The Morgan fingerprint density at radius 2 is 2.20 bits per heavy atom. The number of hydrogen-bond acceptors (Lipinski definition) is 1. The maximum absolute atomic E-state index is 10.0. The van der Waals surface area contributed by atoms with Crippen molar-refractivity contribution in [2.24, 2.45) is 0 Å². The van der Waals surface area contributed by atoms with Gasteiger partial charge in [0.2, 0.25) is 0 Å². The first-order valence-electron chi connectivity index (χ1n) is 3.55. The van der Waals surface area contributed by atoms with Crippen LogP contribution < -0.4 is 0 Å². The van der Waals surface area contributed by atoms with Crippen LogP contribution in [0.1, 0.15) is 26.2 Å². The predicted molar refractivity (Wildman–Crippen MR) is 44.4 cm³/mol. The number of halogens is 1. The SMILES string of the molecule is CC/C=C/CC[C@@H](Cl)C=O. The number of carbonyl (C=O) groups excluding carboxylic acids is 1. The van der Waals surface area contributed by atoms with Crippen molar-refractivity contribution in [1.82, 2.24) is 0 Å². The van der Waals surface area contributed by atoms with Crippen molar-refractivity contribution in [3.63, 3.8) is 0 Å². The number of hydrogen-bond donors (Lipinski definition) is 0. The van der Waals surface area contributed by atoms with Gasteiger partial charge in [-0.2, -0.15) is 0 Å². The molecule has 0 saturated heterocycles. The van der Waals surface area contributed by atoms with Crippen molar-refractivity contribution in [3.05, 3.63) is 12.2 Å². The van der Waals surface area contributed by atoms with Gasteiger partial charge in [-0.15, -0.1) is 11.6 Å². The topological polar surface area (TPSA) is 17.1 Å². The molecule has 0 amide bonds. The molecule has 0 aliphatic heterocycles. The van der Waals surface area contributed by atoms with E-state index in [0.29, 0.717) is 0 Å². The average Bonchev–Trinajstić information content (AvgIpc) is 1.98. The van der Waals surface area contributed by atoms with Crippen LogP contribution in [0.3, 0.4) is 0 Å². The van der Waals surface area contributed by atoms with E-state index in [1.165, 1.54) is 0 Å². The second-order valence-corrected chi connectivity index (χ2v) is 2.67. The Morgan fingerprint density at radius 1 is 1.50 bits per heavy atom. The van der Waals surface area contributed by atoms with Crippen molar-refractivity contribution in [2.75, 3.05) is 0 Å². The molecule has 1 atom stereocenters. The van der Waals surface area contributed by atoms with Crippen LogP contribution in [0.5, 0.6) is 0 Å². The first-order chi connectivity index (χ1) is 4.81. The molecule has 0 radical (unpaired) electrons. The van der Waals surface area contributed by atoms with Crippen LogP contribution in [-0.4, -0.2) is 11.7 Å². The lowest BCUT2D eigenvalue weighted by atomic mass is 10.2. The molecule has 0 bridgehead atoms. The van der Waals surface area contributed by atoms with E-state index in [2.05, 4.69) is 19.1 Å². The van der Waals surface area contributed by atoms with Crippen molar-refractivity contribution in [3.8, 4) is 0 Å². The van der Waals surface area contributed by atoms with Gasteiger partial charge in [-0.25, -0.2) is 0 Å². The number of alkyl halides is 1. The second kappa shape index (κ2) is 6.81. The van der Waals surface area contributed by atoms with E-state index in [4.69, 9.17) is 11.6 Å². The minimum atomic E-state index is -0.304. The van der Waals surface area contributed by atoms with E-state index in [-0.39, 0.29) is 5.38 Å². The first-order valence-corrected chi connectivity index (χ1v) is 3.99. The van der Waals surface area contributed by atoms with Crippen LogP contribution in [0.2, 0.25) is 0 Å². The lowest BCUT2D eigenvalue weighted by Gasteiger charge is -1.94. The lowest BCUT2D eigenvalue weighted by molar-refractivity contribution is -0.107. The highest BCUT2D eigenvalue weighted by atomic mass is 35.5. The summed E-state index contributed by atoms with van der Waals surface area (Å²) in [5, 5.41) is -0.304. The standard InChI is InChI=1S/C8H13ClO/c1-2-3-4-5-6-8(9)7-10/h3-4,7-8H,2,5-6H2,1H3/b4-3+/t8-/m1/s1. The molecule has 0 aromatic carbocycles. The third kappa shape index (κ3) is 5.83. The highest BCUT2D eigenvalue weighted by Gasteiger charge is 1.97. The first kappa shape index (κ1) is 9.70. The Balaban J connectivity index is 3.18. The van der Waals surface area contributed by atoms with Crippen LogP contribution in [0.15, 0.2) is 12.2 Å². The number of carbonyl (C=O) groups is 1. The van der Waals surface area contributed by atoms with Gasteiger partial charge >= 0.3 is 0 Å². The molecule has 0 fully saturated rings. The summed E-state index contributed by atoms with van der Waals surface area (Å²) in [5.41, 5.74) is 0. The van der Waals surface area contributed by atoms with Gasteiger partial charge in [0.1, 0.15) is 6.29 Å². The molecular formula is C8H13ClO. The van der Waals surface area contributed by atoms with Gasteiger partial charge in [0.05, 0.1) is 5.38 Å². The van der Waals surface area contributed by atoms with E-state index >= 15 is 0 Å². The fraction of sp³-hybridized carbons (Fsp3) is 0.625. The van der Waals surface area contributed by atoms with Crippen LogP contribution in [-0.2, 0) is 4.79 Å². The third-order valence-corrected chi connectivity index (χ3v) is 1.48. The molecule has 0 saturated carbocycles. The maximum Gasteiger partial charge on any atom is 0.137 e. The van der Waals surface area contributed by atoms with Crippen LogP contribution >= 0.6 is 11.6 Å². The normalized spacial score (nSPS) is 13.8. The van der Waals surface area contributed by atoms with Gasteiger partial charge in [0.15, 0.2) is 0 Å². The van der Waals surface area contributed by atoms with Crippen molar-refractivity contribution in [2.45, 2.75) is 31.6 Å². The molecule has 58 valence electrons. The molecule has 0 aromatic heterocycles. The molecule has 0 heterocycles. The molecule has 2 heteroatoms. The summed E-state index contributed by atoms with van der Waals surface area (Å²) in [6, 6.07) is 0. The van der Waals surface area contributed by atoms with Crippen LogP contribution in [0, 0.1) is 0 Å². The minimum Gasteiger partial charge on any atom is -0.302 e. The monoisotopic (exact) mass is 160 g/mol. The number of rotatable bonds is 5. The summed E-state index contributed by atoms with van der Waals surface area (Å²) in [5.74, 6) is 0. The van der Waals surface area contributed by atoms with E-state index in [9.17, 15) is 4.79 Å². The fourth-order valence-electron chi connectivity index (χ4n) is 0.608. The Bertz CT molecular complexity index is 110. The Hall–Kier alpha value is -0.300. The van der Waals surface area contributed by atoms with Crippen molar-refractivity contribution in [1.29, 1.82) is 0 Å². The molecule has 1 nitrogen and oxygen atoms in total. The fourth-order valence-corrected chi connectivity index (χ4v) is 0.734. The predicted octanol–water partition coefficient (Wildman–Crippen LogP) is 2.54. The smallest absolute Gasteiger partial charge is 0.137 e. The summed E-state index contributed by atoms with van der Waals surface area (Å²) < 4.78 is 0. The summed E-state index contributed by atoms with van der Waals surface area (Å²) >= 11 is 5.54. The largest absolute Gasteiger partial charge is 0.302 e. The molecule has 0 N–H and O–H groups in total. The Morgan fingerprint density at radius 3 is 2.70 bits per heavy atom. The summed E-state index contributed by atoms with van der Waals surface area (Å²) in [4.78, 5) is 10.0. The van der Waals surface area contributed by atoms with E-state index in [1.807, 2.05) is 0 Å². The zero-order valence-corrected chi connectivity index (χ0v) is 6.97. The van der Waals surface area contributed by atoms with Gasteiger partial charge < -0.3 is 4.79 Å². The van der Waals surface area contributed by atoms with Gasteiger partial charge in [-0.3, -0.25) is 0 Å². The summed E-state index contributed by atoms with van der Waals surface area (Å²) in [6.45, 7) is 2.08. The van der Waals surface area contributed by atoms with Crippen molar-refractivity contribution >= 4 is 17.9 Å². The molecule has 10 heavy (non-hydrogen) atoms. The quantitative estimate of drug-likeness (QED) is 0.343. The highest BCUT2D eigenvalue weighted by molar-refractivity contribution is 6.27. The molecule has 0 aliphatic carbocycles. The molecule has 0 aromatic rings. The average molecular weight is 161 g/mol. The minimum absolute atomic E-state index is 0.304. The van der Waals surface area contributed by atoms with Gasteiger partial charge in [-0.05, 0) is 19.3 Å². The highest BCUT2D eigenvalue weighted by Crippen LogP contribution is 2.02. The van der Waals surface area contributed by atoms with Crippen LogP contribution in [0.4, 0.5) is 0 Å². The zero-order chi connectivity index (χ0) is 7.82. The molecule has 0 unspecified atom stereocenters.